The fourth-order valence-electron chi connectivity index (χ4n) is 2.45. The van der Waals surface area contributed by atoms with Crippen molar-refractivity contribution < 1.29 is 0 Å². The molecule has 2 heterocycles. The third kappa shape index (κ3) is 1.71. The van der Waals surface area contributed by atoms with Crippen LogP contribution in [-0.4, -0.2) is 16.3 Å². The molecule has 1 atom stereocenters. The van der Waals surface area contributed by atoms with Gasteiger partial charge < -0.3 is 5.32 Å². The van der Waals surface area contributed by atoms with E-state index in [4.69, 9.17) is 0 Å². The Labute approximate surface area is 101 Å². The standard InChI is InChI=1S/C14H17N3/c1-10-3-5-12(6-4-10)13-7-8-15-14-11(2)9-16-17(13)14/h3-6,9,13,15H,7-8H2,1-2H3. The van der Waals surface area contributed by atoms with Gasteiger partial charge in [0.15, 0.2) is 0 Å². The lowest BCUT2D eigenvalue weighted by Gasteiger charge is -2.26. The number of nitrogens with zero attached hydrogens (tertiary/aromatic N) is 2. The van der Waals surface area contributed by atoms with Gasteiger partial charge in [0.2, 0.25) is 0 Å². The monoisotopic (exact) mass is 227 g/mol. The maximum Gasteiger partial charge on any atom is 0.127 e. The molecule has 1 aliphatic rings. The topological polar surface area (TPSA) is 29.9 Å². The summed E-state index contributed by atoms with van der Waals surface area (Å²) < 4.78 is 2.11. The van der Waals surface area contributed by atoms with Crippen molar-refractivity contribution in [3.05, 3.63) is 47.2 Å². The Morgan fingerprint density at radius 2 is 2.00 bits per heavy atom. The summed E-state index contributed by atoms with van der Waals surface area (Å²) in [6.45, 7) is 5.24. The quantitative estimate of drug-likeness (QED) is 0.811. The van der Waals surface area contributed by atoms with Crippen molar-refractivity contribution in [2.24, 2.45) is 0 Å². The van der Waals surface area contributed by atoms with E-state index in [0.717, 1.165) is 13.0 Å². The normalized spacial score (nSPS) is 18.6. The van der Waals surface area contributed by atoms with Gasteiger partial charge in [0, 0.05) is 12.1 Å². The van der Waals surface area contributed by atoms with Crippen LogP contribution >= 0.6 is 0 Å². The van der Waals surface area contributed by atoms with E-state index in [9.17, 15) is 0 Å². The fourth-order valence-corrected chi connectivity index (χ4v) is 2.45. The molecule has 1 N–H and O–H groups in total. The second-order valence-corrected chi connectivity index (χ2v) is 4.76. The lowest BCUT2D eigenvalue weighted by Crippen LogP contribution is -2.24. The number of aromatic nitrogens is 2. The molecule has 0 spiro atoms. The molecule has 1 aromatic heterocycles. The highest BCUT2D eigenvalue weighted by Crippen LogP contribution is 2.30. The van der Waals surface area contributed by atoms with Crippen molar-refractivity contribution in [1.82, 2.24) is 9.78 Å². The summed E-state index contributed by atoms with van der Waals surface area (Å²) in [5.74, 6) is 1.17. The van der Waals surface area contributed by atoms with Crippen LogP contribution in [0.4, 0.5) is 5.82 Å². The summed E-state index contributed by atoms with van der Waals surface area (Å²) in [4.78, 5) is 0. The minimum Gasteiger partial charge on any atom is -0.370 e. The van der Waals surface area contributed by atoms with Crippen LogP contribution in [0.2, 0.25) is 0 Å². The maximum absolute atomic E-state index is 4.49. The van der Waals surface area contributed by atoms with Crippen molar-refractivity contribution in [3.63, 3.8) is 0 Å². The first-order chi connectivity index (χ1) is 8.25. The SMILES string of the molecule is Cc1ccc(C2CCNc3c(C)cnn32)cc1. The Balaban J connectivity index is 2.02. The van der Waals surface area contributed by atoms with E-state index >= 15 is 0 Å². The molecular formula is C14H17N3. The molecule has 1 aliphatic heterocycles. The van der Waals surface area contributed by atoms with E-state index in [2.05, 4.69) is 53.2 Å². The van der Waals surface area contributed by atoms with Crippen LogP contribution in [0.25, 0.3) is 0 Å². The summed E-state index contributed by atoms with van der Waals surface area (Å²) in [7, 11) is 0. The van der Waals surface area contributed by atoms with Gasteiger partial charge in [-0.3, -0.25) is 0 Å². The molecule has 0 amide bonds. The van der Waals surface area contributed by atoms with Crippen LogP contribution in [0.3, 0.4) is 0 Å². The molecule has 1 aromatic carbocycles. The number of rotatable bonds is 1. The minimum absolute atomic E-state index is 0.376. The van der Waals surface area contributed by atoms with Gasteiger partial charge >= 0.3 is 0 Å². The van der Waals surface area contributed by atoms with Crippen LogP contribution in [0.15, 0.2) is 30.5 Å². The second kappa shape index (κ2) is 3.91. The molecule has 1 unspecified atom stereocenters. The lowest BCUT2D eigenvalue weighted by atomic mass is 10.0. The van der Waals surface area contributed by atoms with Crippen LogP contribution in [-0.2, 0) is 0 Å². The van der Waals surface area contributed by atoms with Crippen molar-refractivity contribution in [2.75, 3.05) is 11.9 Å². The third-order valence-corrected chi connectivity index (χ3v) is 3.45. The summed E-state index contributed by atoms with van der Waals surface area (Å²) in [6, 6.07) is 9.15. The molecule has 0 radical (unpaired) electrons. The molecule has 0 bridgehead atoms. The molecular weight excluding hydrogens is 210 g/mol. The molecule has 3 heteroatoms. The molecule has 2 aromatic rings. The van der Waals surface area contributed by atoms with Gasteiger partial charge in [-0.05, 0) is 25.8 Å². The zero-order chi connectivity index (χ0) is 11.8. The van der Waals surface area contributed by atoms with Crippen LogP contribution in [0, 0.1) is 13.8 Å². The van der Waals surface area contributed by atoms with Gasteiger partial charge in [-0.25, -0.2) is 4.68 Å². The van der Waals surface area contributed by atoms with Crippen molar-refractivity contribution in [1.29, 1.82) is 0 Å². The summed E-state index contributed by atoms with van der Waals surface area (Å²) in [5.41, 5.74) is 3.88. The van der Waals surface area contributed by atoms with Gasteiger partial charge in [0.25, 0.3) is 0 Å². The molecule has 88 valence electrons. The summed E-state index contributed by atoms with van der Waals surface area (Å²) in [6.07, 6.45) is 3.03. The largest absolute Gasteiger partial charge is 0.370 e. The van der Waals surface area contributed by atoms with Gasteiger partial charge in [-0.1, -0.05) is 29.8 Å². The highest BCUT2D eigenvalue weighted by atomic mass is 15.4. The van der Waals surface area contributed by atoms with Crippen molar-refractivity contribution in [2.45, 2.75) is 26.3 Å². The van der Waals surface area contributed by atoms with Gasteiger partial charge in [0.05, 0.1) is 12.2 Å². The van der Waals surface area contributed by atoms with Crippen LogP contribution in [0.1, 0.15) is 29.2 Å². The van der Waals surface area contributed by atoms with Crippen LogP contribution in [0.5, 0.6) is 0 Å². The Morgan fingerprint density at radius 1 is 1.24 bits per heavy atom. The number of anilines is 1. The number of nitrogens with one attached hydrogen (secondary N) is 1. The van der Waals surface area contributed by atoms with Gasteiger partial charge in [-0.15, -0.1) is 0 Å². The fraction of sp³-hybridized carbons (Fsp3) is 0.357. The van der Waals surface area contributed by atoms with Gasteiger partial charge in [0.1, 0.15) is 5.82 Å². The van der Waals surface area contributed by atoms with E-state index in [1.807, 2.05) is 6.20 Å². The second-order valence-electron chi connectivity index (χ2n) is 4.76. The molecule has 3 rings (SSSR count). The average molecular weight is 227 g/mol. The van der Waals surface area contributed by atoms with E-state index < -0.39 is 0 Å². The van der Waals surface area contributed by atoms with E-state index in [1.165, 1.54) is 22.5 Å². The molecule has 0 fully saturated rings. The van der Waals surface area contributed by atoms with Gasteiger partial charge in [-0.2, -0.15) is 5.10 Å². The van der Waals surface area contributed by atoms with E-state index in [-0.39, 0.29) is 0 Å². The average Bonchev–Trinajstić information content (AvgIpc) is 2.73. The number of aryl methyl sites for hydroxylation is 2. The predicted octanol–water partition coefficient (Wildman–Crippen LogP) is 2.90. The highest BCUT2D eigenvalue weighted by Gasteiger charge is 2.22. The summed E-state index contributed by atoms with van der Waals surface area (Å²) >= 11 is 0. The Hall–Kier alpha value is -1.77. The van der Waals surface area contributed by atoms with Crippen LogP contribution < -0.4 is 5.32 Å². The molecule has 0 saturated heterocycles. The molecule has 3 nitrogen and oxygen atoms in total. The Bertz CT molecular complexity index is 525. The lowest BCUT2D eigenvalue weighted by molar-refractivity contribution is 0.481. The molecule has 0 aliphatic carbocycles. The first-order valence-corrected chi connectivity index (χ1v) is 6.10. The smallest absolute Gasteiger partial charge is 0.127 e. The van der Waals surface area contributed by atoms with Crippen molar-refractivity contribution >= 4 is 5.82 Å². The third-order valence-electron chi connectivity index (χ3n) is 3.45. The highest BCUT2D eigenvalue weighted by molar-refractivity contribution is 5.46. The molecule has 0 saturated carbocycles. The first-order valence-electron chi connectivity index (χ1n) is 6.10. The zero-order valence-corrected chi connectivity index (χ0v) is 10.3. The number of benzene rings is 1. The number of hydrogen-bond donors (Lipinski definition) is 1. The predicted molar refractivity (Wildman–Crippen MR) is 69.4 cm³/mol. The minimum atomic E-state index is 0.376. The number of hydrogen-bond acceptors (Lipinski definition) is 2. The maximum atomic E-state index is 4.49. The Kier molecular flexibility index (Phi) is 2.39. The number of fused-ring (bicyclic) bond motifs is 1. The summed E-state index contributed by atoms with van der Waals surface area (Å²) in [5, 5.41) is 7.91. The molecule has 17 heavy (non-hydrogen) atoms. The Morgan fingerprint density at radius 3 is 2.76 bits per heavy atom. The van der Waals surface area contributed by atoms with E-state index in [1.54, 1.807) is 0 Å². The van der Waals surface area contributed by atoms with Crippen molar-refractivity contribution in [3.8, 4) is 0 Å². The zero-order valence-electron chi connectivity index (χ0n) is 10.3. The first kappa shape index (κ1) is 10.4. The van der Waals surface area contributed by atoms with E-state index in [0.29, 0.717) is 6.04 Å².